The molecule has 1 aliphatic carbocycles. The highest BCUT2D eigenvalue weighted by molar-refractivity contribution is 5.86. The Morgan fingerprint density at radius 2 is 1.76 bits per heavy atom. The molecule has 222 valence electrons. The number of fused-ring (bicyclic) bond motifs is 1. The van der Waals surface area contributed by atoms with E-state index in [1.807, 2.05) is 0 Å². The minimum absolute atomic E-state index is 0.0324. The van der Waals surface area contributed by atoms with Crippen LogP contribution in [-0.2, 0) is 18.6 Å². The van der Waals surface area contributed by atoms with Gasteiger partial charge in [0.1, 0.15) is 0 Å². The van der Waals surface area contributed by atoms with E-state index < -0.39 is 68.8 Å². The number of ether oxygens (including phenoxy) is 1. The van der Waals surface area contributed by atoms with Gasteiger partial charge in [0.05, 0.1) is 28.8 Å². The summed E-state index contributed by atoms with van der Waals surface area (Å²) >= 11 is 0. The van der Waals surface area contributed by atoms with E-state index in [4.69, 9.17) is 4.74 Å². The SMILES string of the molecule is CC(F)(F)c1cnc(-c2cc3ccn(C[C@@H]4CCC[C@H](Oc5cn[nH]c(=O)c5C(F)(F)F)C4)c(=O)c3c(F)c2F)nc1. The van der Waals surface area contributed by atoms with Crippen molar-refractivity contribution in [3.63, 3.8) is 0 Å². The van der Waals surface area contributed by atoms with E-state index in [2.05, 4.69) is 15.1 Å². The molecular formula is C27H22F7N5O3. The van der Waals surface area contributed by atoms with Crippen LogP contribution in [0.15, 0.2) is 46.5 Å². The average molecular weight is 597 g/mol. The maximum Gasteiger partial charge on any atom is 0.425 e. The Bertz CT molecular complexity index is 1750. The number of hydrogen-bond donors (Lipinski definition) is 1. The molecule has 3 heterocycles. The van der Waals surface area contributed by atoms with Crippen molar-refractivity contribution in [1.29, 1.82) is 0 Å². The summed E-state index contributed by atoms with van der Waals surface area (Å²) in [6.45, 7) is 0.687. The fraction of sp³-hybridized carbons (Fsp3) is 0.370. The number of rotatable bonds is 6. The molecule has 1 N–H and O–H groups in total. The van der Waals surface area contributed by atoms with Crippen LogP contribution in [0.25, 0.3) is 22.2 Å². The largest absolute Gasteiger partial charge is 0.488 e. The lowest BCUT2D eigenvalue weighted by Crippen LogP contribution is -2.32. The second-order valence-corrected chi connectivity index (χ2v) is 10.2. The van der Waals surface area contributed by atoms with Gasteiger partial charge in [0.15, 0.2) is 28.8 Å². The Labute approximate surface area is 232 Å². The predicted molar refractivity (Wildman–Crippen MR) is 135 cm³/mol. The minimum atomic E-state index is -4.96. The summed E-state index contributed by atoms with van der Waals surface area (Å²) in [7, 11) is 0. The molecule has 1 aliphatic rings. The second-order valence-electron chi connectivity index (χ2n) is 10.2. The Balaban J connectivity index is 1.39. The third-order valence-electron chi connectivity index (χ3n) is 7.13. The van der Waals surface area contributed by atoms with Crippen molar-refractivity contribution in [1.82, 2.24) is 24.7 Å². The lowest BCUT2D eigenvalue weighted by Gasteiger charge is -2.30. The highest BCUT2D eigenvalue weighted by atomic mass is 19.4. The fourth-order valence-corrected chi connectivity index (χ4v) is 5.09. The van der Waals surface area contributed by atoms with Gasteiger partial charge < -0.3 is 9.30 Å². The number of nitrogens with one attached hydrogen (secondary N) is 1. The number of aromatic amines is 1. The van der Waals surface area contributed by atoms with Crippen molar-refractivity contribution in [3.05, 3.63) is 80.4 Å². The van der Waals surface area contributed by atoms with Gasteiger partial charge >= 0.3 is 6.18 Å². The molecule has 15 heteroatoms. The molecule has 4 aromatic rings. The zero-order valence-corrected chi connectivity index (χ0v) is 21.8. The lowest BCUT2D eigenvalue weighted by molar-refractivity contribution is -0.140. The maximum atomic E-state index is 15.2. The molecule has 0 radical (unpaired) electrons. The number of hydrogen-bond acceptors (Lipinski definition) is 6. The van der Waals surface area contributed by atoms with Crippen LogP contribution in [-0.4, -0.2) is 30.8 Å². The number of pyridine rings is 1. The van der Waals surface area contributed by atoms with E-state index in [-0.39, 0.29) is 30.1 Å². The molecule has 2 atom stereocenters. The summed E-state index contributed by atoms with van der Waals surface area (Å²) in [4.78, 5) is 32.4. The molecule has 0 bridgehead atoms. The average Bonchev–Trinajstić information content (AvgIpc) is 2.91. The van der Waals surface area contributed by atoms with Crippen molar-refractivity contribution in [3.8, 4) is 17.1 Å². The molecule has 0 aliphatic heterocycles. The van der Waals surface area contributed by atoms with E-state index in [1.54, 1.807) is 5.10 Å². The van der Waals surface area contributed by atoms with E-state index in [0.29, 0.717) is 26.2 Å². The minimum Gasteiger partial charge on any atom is -0.488 e. The molecule has 0 saturated heterocycles. The van der Waals surface area contributed by atoms with E-state index in [9.17, 15) is 31.5 Å². The van der Waals surface area contributed by atoms with E-state index in [0.717, 1.165) is 24.7 Å². The molecule has 1 saturated carbocycles. The molecule has 1 fully saturated rings. The third kappa shape index (κ3) is 5.72. The van der Waals surface area contributed by atoms with Crippen molar-refractivity contribution < 1.29 is 35.5 Å². The van der Waals surface area contributed by atoms with Crippen LogP contribution in [0.5, 0.6) is 5.75 Å². The summed E-state index contributed by atoms with van der Waals surface area (Å²) in [6.07, 6.45) is -0.139. The maximum absolute atomic E-state index is 15.2. The van der Waals surface area contributed by atoms with Crippen LogP contribution in [0.3, 0.4) is 0 Å². The number of halogens is 7. The summed E-state index contributed by atoms with van der Waals surface area (Å²) in [6, 6.07) is 2.53. The Hall–Kier alpha value is -4.30. The number of H-pyrrole nitrogens is 1. The predicted octanol–water partition coefficient (Wildman–Crippen LogP) is 5.59. The first-order chi connectivity index (χ1) is 19.7. The Morgan fingerprint density at radius 3 is 2.43 bits per heavy atom. The van der Waals surface area contributed by atoms with Gasteiger partial charge in [-0.15, -0.1) is 0 Å². The molecule has 42 heavy (non-hydrogen) atoms. The summed E-state index contributed by atoms with van der Waals surface area (Å²) < 4.78 is 104. The van der Waals surface area contributed by atoms with Crippen LogP contribution < -0.4 is 15.9 Å². The molecular weight excluding hydrogens is 575 g/mol. The monoisotopic (exact) mass is 597 g/mol. The first kappa shape index (κ1) is 29.2. The van der Waals surface area contributed by atoms with Crippen LogP contribution >= 0.6 is 0 Å². The third-order valence-corrected chi connectivity index (χ3v) is 7.13. The number of alkyl halides is 5. The van der Waals surface area contributed by atoms with E-state index in [1.165, 1.54) is 16.8 Å². The second kappa shape index (κ2) is 10.8. The molecule has 8 nitrogen and oxygen atoms in total. The van der Waals surface area contributed by atoms with E-state index >= 15 is 8.78 Å². The van der Waals surface area contributed by atoms with Gasteiger partial charge in [-0.25, -0.2) is 32.6 Å². The topological polar surface area (TPSA) is 103 Å². The molecule has 1 aromatic carbocycles. The van der Waals surface area contributed by atoms with Gasteiger partial charge in [0, 0.05) is 32.1 Å². The van der Waals surface area contributed by atoms with Crippen molar-refractivity contribution in [2.45, 2.75) is 57.4 Å². The summed E-state index contributed by atoms with van der Waals surface area (Å²) in [5, 5.41) is 4.63. The number of aromatic nitrogens is 5. The van der Waals surface area contributed by atoms with Crippen LogP contribution in [0, 0.1) is 17.6 Å². The smallest absolute Gasteiger partial charge is 0.425 e. The molecule has 0 unspecified atom stereocenters. The van der Waals surface area contributed by atoms with Crippen LogP contribution in [0.4, 0.5) is 30.7 Å². The van der Waals surface area contributed by atoms with Gasteiger partial charge in [-0.1, -0.05) is 0 Å². The van der Waals surface area contributed by atoms with Crippen molar-refractivity contribution >= 4 is 10.8 Å². The highest BCUT2D eigenvalue weighted by Crippen LogP contribution is 2.36. The first-order valence-electron chi connectivity index (χ1n) is 12.8. The first-order valence-corrected chi connectivity index (χ1v) is 12.8. The van der Waals surface area contributed by atoms with Crippen LogP contribution in [0.2, 0.25) is 0 Å². The van der Waals surface area contributed by atoms with Gasteiger partial charge in [0.25, 0.3) is 17.0 Å². The van der Waals surface area contributed by atoms with Gasteiger partial charge in [0.2, 0.25) is 0 Å². The molecule has 0 amide bonds. The van der Waals surface area contributed by atoms with Crippen molar-refractivity contribution in [2.24, 2.45) is 5.92 Å². The Kier molecular flexibility index (Phi) is 7.53. The quantitative estimate of drug-likeness (QED) is 0.291. The van der Waals surface area contributed by atoms with Crippen LogP contribution in [0.1, 0.15) is 43.7 Å². The summed E-state index contributed by atoms with van der Waals surface area (Å²) in [5.74, 6) is -7.42. The molecule has 0 spiro atoms. The molecule has 5 rings (SSSR count). The molecule has 3 aromatic heterocycles. The van der Waals surface area contributed by atoms with Gasteiger partial charge in [-0.2, -0.15) is 18.3 Å². The zero-order valence-electron chi connectivity index (χ0n) is 21.8. The number of nitrogens with zero attached hydrogens (tertiary/aromatic N) is 4. The fourth-order valence-electron chi connectivity index (χ4n) is 5.09. The highest BCUT2D eigenvalue weighted by Gasteiger charge is 2.39. The standard InChI is InChI=1S/C27H22F7N5O3/c1-26(30,31)15-9-35-23(36-10-15)17-8-14-5-6-39(25(41)19(14)22(29)21(17)28)12-13-3-2-4-16(7-13)42-18-11-37-38-24(40)20(18)27(32,33)34/h5-6,8-11,13,16H,2-4,7,12H2,1H3,(H,38,40)/t13-,16+/m1/s1. The van der Waals surface area contributed by atoms with Crippen molar-refractivity contribution in [2.75, 3.05) is 0 Å². The zero-order chi connectivity index (χ0) is 30.4. The Morgan fingerprint density at radius 1 is 1.05 bits per heavy atom. The normalized spacial score (nSPS) is 17.9. The van der Waals surface area contributed by atoms with Gasteiger partial charge in [-0.05, 0) is 49.1 Å². The van der Waals surface area contributed by atoms with Gasteiger partial charge in [-0.3, -0.25) is 9.59 Å². The number of benzene rings is 1. The summed E-state index contributed by atoms with van der Waals surface area (Å²) in [5.41, 5.74) is -4.69. The lowest BCUT2D eigenvalue weighted by atomic mass is 9.87.